The molecule has 3 aromatic rings. The van der Waals surface area contributed by atoms with Crippen LogP contribution in [0.1, 0.15) is 27.2 Å². The molecule has 1 amide bonds. The maximum atomic E-state index is 13.9. The lowest BCUT2D eigenvalue weighted by molar-refractivity contribution is -0.151. The molecule has 0 saturated heterocycles. The fourth-order valence-electron chi connectivity index (χ4n) is 3.54. The second-order valence-corrected chi connectivity index (χ2v) is 6.98. The third kappa shape index (κ3) is 3.91. The van der Waals surface area contributed by atoms with E-state index in [9.17, 15) is 14.0 Å². The highest BCUT2D eigenvalue weighted by atomic mass is 19.1. The summed E-state index contributed by atoms with van der Waals surface area (Å²) in [7, 11) is 1.38. The number of fused-ring (bicyclic) bond motifs is 1. The van der Waals surface area contributed by atoms with Crippen LogP contribution in [0.4, 0.5) is 4.39 Å². The van der Waals surface area contributed by atoms with Crippen molar-refractivity contribution in [1.29, 1.82) is 0 Å². The van der Waals surface area contributed by atoms with Gasteiger partial charge in [0.1, 0.15) is 12.6 Å². The zero-order chi connectivity index (χ0) is 21.1. The molecule has 4 rings (SSSR count). The minimum Gasteiger partial charge on any atom is -0.494 e. The molecule has 0 fully saturated rings. The van der Waals surface area contributed by atoms with Gasteiger partial charge in [-0.15, -0.1) is 0 Å². The number of carbonyl (C=O) groups is 2. The van der Waals surface area contributed by atoms with E-state index in [1.807, 2.05) is 24.3 Å². The highest BCUT2D eigenvalue weighted by molar-refractivity contribution is 5.95. The molecule has 7 heteroatoms. The molecule has 1 atom stereocenters. The molecular weight excluding hydrogens is 389 g/mol. The van der Waals surface area contributed by atoms with Crippen molar-refractivity contribution in [2.75, 3.05) is 7.11 Å². The zero-order valence-corrected chi connectivity index (χ0v) is 16.3. The van der Waals surface area contributed by atoms with E-state index in [0.717, 1.165) is 11.1 Å². The number of furan rings is 1. The monoisotopic (exact) mass is 409 g/mol. The summed E-state index contributed by atoms with van der Waals surface area (Å²) in [6.45, 7) is 0.160. The highest BCUT2D eigenvalue weighted by Crippen LogP contribution is 2.26. The SMILES string of the molecule is COc1ccc(COC(=O)[C@@H]2Cc3ccccc3CN2C(=O)c2ccco2)cc1F. The number of hydrogen-bond acceptors (Lipinski definition) is 5. The Morgan fingerprint density at radius 3 is 2.63 bits per heavy atom. The summed E-state index contributed by atoms with van der Waals surface area (Å²) in [6, 6.07) is 14.4. The number of benzene rings is 2. The maximum Gasteiger partial charge on any atom is 0.329 e. The Kier molecular flexibility index (Phi) is 5.52. The molecule has 0 bridgehead atoms. The van der Waals surface area contributed by atoms with Gasteiger partial charge in [0.05, 0.1) is 13.4 Å². The molecule has 0 unspecified atom stereocenters. The topological polar surface area (TPSA) is 69.0 Å². The molecule has 154 valence electrons. The molecule has 0 spiro atoms. The highest BCUT2D eigenvalue weighted by Gasteiger charge is 2.37. The van der Waals surface area contributed by atoms with E-state index in [1.54, 1.807) is 18.2 Å². The molecular formula is C23H20FNO5. The normalized spacial score (nSPS) is 15.4. The van der Waals surface area contributed by atoms with E-state index in [4.69, 9.17) is 13.9 Å². The minimum atomic E-state index is -0.805. The van der Waals surface area contributed by atoms with Gasteiger partial charge in [0.2, 0.25) is 0 Å². The Morgan fingerprint density at radius 1 is 1.13 bits per heavy atom. The molecule has 0 N–H and O–H groups in total. The van der Waals surface area contributed by atoms with Gasteiger partial charge in [-0.05, 0) is 41.0 Å². The third-order valence-corrected chi connectivity index (χ3v) is 5.11. The zero-order valence-electron chi connectivity index (χ0n) is 16.3. The van der Waals surface area contributed by atoms with Crippen molar-refractivity contribution >= 4 is 11.9 Å². The van der Waals surface area contributed by atoms with Crippen LogP contribution >= 0.6 is 0 Å². The summed E-state index contributed by atoms with van der Waals surface area (Å²) in [6.07, 6.45) is 1.75. The Morgan fingerprint density at radius 2 is 1.93 bits per heavy atom. The second-order valence-electron chi connectivity index (χ2n) is 6.98. The molecule has 2 heterocycles. The van der Waals surface area contributed by atoms with E-state index in [0.29, 0.717) is 12.0 Å². The van der Waals surface area contributed by atoms with Gasteiger partial charge in [-0.25, -0.2) is 9.18 Å². The summed E-state index contributed by atoms with van der Waals surface area (Å²) >= 11 is 0. The molecule has 0 aliphatic carbocycles. The number of ether oxygens (including phenoxy) is 2. The fraction of sp³-hybridized carbons (Fsp3) is 0.217. The first-order valence-corrected chi connectivity index (χ1v) is 9.47. The lowest BCUT2D eigenvalue weighted by Gasteiger charge is -2.34. The standard InChI is InChI=1S/C23H20FNO5/c1-28-20-9-8-15(11-18(20)24)14-30-23(27)19-12-16-5-2-3-6-17(16)13-25(19)22(26)21-7-4-10-29-21/h2-11,19H,12-14H2,1H3/t19-/m0/s1. The fourth-order valence-corrected chi connectivity index (χ4v) is 3.54. The van der Waals surface area contributed by atoms with Crippen molar-refractivity contribution in [2.24, 2.45) is 0 Å². The van der Waals surface area contributed by atoms with Crippen LogP contribution in [0.2, 0.25) is 0 Å². The second kappa shape index (κ2) is 8.41. The molecule has 0 radical (unpaired) electrons. The smallest absolute Gasteiger partial charge is 0.329 e. The first-order valence-electron chi connectivity index (χ1n) is 9.47. The van der Waals surface area contributed by atoms with Crippen LogP contribution in [0.3, 0.4) is 0 Å². The summed E-state index contributed by atoms with van der Waals surface area (Å²) < 4.78 is 29.5. The average molecular weight is 409 g/mol. The van der Waals surface area contributed by atoms with Gasteiger partial charge in [0.25, 0.3) is 5.91 Å². The van der Waals surface area contributed by atoms with Crippen LogP contribution in [0.5, 0.6) is 5.75 Å². The number of esters is 1. The van der Waals surface area contributed by atoms with Gasteiger partial charge in [0.15, 0.2) is 17.3 Å². The molecule has 6 nitrogen and oxygen atoms in total. The summed E-state index contributed by atoms with van der Waals surface area (Å²) in [5, 5.41) is 0. The predicted octanol–water partition coefficient (Wildman–Crippen LogP) is 3.74. The Bertz CT molecular complexity index is 1060. The average Bonchev–Trinajstić information content (AvgIpc) is 3.31. The van der Waals surface area contributed by atoms with Gasteiger partial charge in [-0.1, -0.05) is 30.3 Å². The Labute approximate surface area is 172 Å². The van der Waals surface area contributed by atoms with Gasteiger partial charge in [0, 0.05) is 13.0 Å². The summed E-state index contributed by atoms with van der Waals surface area (Å²) in [5.41, 5.74) is 2.44. The molecule has 1 aliphatic heterocycles. The van der Waals surface area contributed by atoms with Gasteiger partial charge in [-0.2, -0.15) is 0 Å². The first kappa shape index (κ1) is 19.7. The largest absolute Gasteiger partial charge is 0.494 e. The number of nitrogens with zero attached hydrogens (tertiary/aromatic N) is 1. The van der Waals surface area contributed by atoms with Crippen molar-refractivity contribution < 1.29 is 27.9 Å². The number of hydrogen-bond donors (Lipinski definition) is 0. The minimum absolute atomic E-state index is 0.110. The molecule has 1 aromatic heterocycles. The maximum absolute atomic E-state index is 13.9. The molecule has 30 heavy (non-hydrogen) atoms. The number of amides is 1. The first-order chi connectivity index (χ1) is 14.6. The van der Waals surface area contributed by atoms with Crippen molar-refractivity contribution in [3.63, 3.8) is 0 Å². The van der Waals surface area contributed by atoms with Crippen LogP contribution < -0.4 is 4.74 Å². The van der Waals surface area contributed by atoms with Crippen LogP contribution in [-0.2, 0) is 29.1 Å². The number of methoxy groups -OCH3 is 1. The number of carbonyl (C=O) groups excluding carboxylic acids is 2. The molecule has 2 aromatic carbocycles. The van der Waals surface area contributed by atoms with Crippen LogP contribution in [0, 0.1) is 5.82 Å². The number of rotatable bonds is 5. The van der Waals surface area contributed by atoms with Crippen LogP contribution in [0.25, 0.3) is 0 Å². The van der Waals surface area contributed by atoms with E-state index in [-0.39, 0.29) is 30.6 Å². The quantitative estimate of drug-likeness (QED) is 0.601. The van der Waals surface area contributed by atoms with E-state index >= 15 is 0 Å². The lowest BCUT2D eigenvalue weighted by atomic mass is 9.93. The predicted molar refractivity (Wildman–Crippen MR) is 105 cm³/mol. The Balaban J connectivity index is 1.53. The van der Waals surface area contributed by atoms with Crippen molar-refractivity contribution in [2.45, 2.75) is 25.6 Å². The number of halogens is 1. The van der Waals surface area contributed by atoms with Gasteiger partial charge in [-0.3, -0.25) is 4.79 Å². The molecule has 0 saturated carbocycles. The lowest BCUT2D eigenvalue weighted by Crippen LogP contribution is -2.49. The van der Waals surface area contributed by atoms with Crippen molar-refractivity contribution in [3.05, 3.63) is 89.1 Å². The third-order valence-electron chi connectivity index (χ3n) is 5.11. The van der Waals surface area contributed by atoms with Crippen molar-refractivity contribution in [3.8, 4) is 5.75 Å². The van der Waals surface area contributed by atoms with Gasteiger partial charge >= 0.3 is 5.97 Å². The summed E-state index contributed by atoms with van der Waals surface area (Å²) in [4.78, 5) is 27.3. The van der Waals surface area contributed by atoms with Gasteiger partial charge < -0.3 is 18.8 Å². The van der Waals surface area contributed by atoms with Crippen LogP contribution in [-0.4, -0.2) is 29.9 Å². The Hall–Kier alpha value is -3.61. The van der Waals surface area contributed by atoms with E-state index in [1.165, 1.54) is 30.4 Å². The van der Waals surface area contributed by atoms with Crippen LogP contribution in [0.15, 0.2) is 65.3 Å². The van der Waals surface area contributed by atoms with Crippen molar-refractivity contribution in [1.82, 2.24) is 4.90 Å². The van der Waals surface area contributed by atoms with E-state index in [2.05, 4.69) is 0 Å². The van der Waals surface area contributed by atoms with E-state index < -0.39 is 17.8 Å². The molecule has 1 aliphatic rings. The summed E-state index contributed by atoms with van der Waals surface area (Å²) in [5.74, 6) is -1.20.